The van der Waals surface area contributed by atoms with Gasteiger partial charge in [0.15, 0.2) is 4.95 Å². The monoisotopic (exact) mass is 272 g/mol. The maximum absolute atomic E-state index is 4.39. The Bertz CT molecular complexity index is 305. The van der Waals surface area contributed by atoms with Crippen LogP contribution in [-0.4, -0.2) is 9.78 Å². The molecule has 1 aromatic heterocycles. The Morgan fingerprint density at radius 3 is 2.87 bits per heavy atom. The third kappa shape index (κ3) is 2.60. The van der Waals surface area contributed by atoms with Crippen LogP contribution in [0.5, 0.6) is 0 Å². The van der Waals surface area contributed by atoms with E-state index in [1.54, 1.807) is 0 Å². The standard InChI is InChI=1S/C11H19BrN3/c1-2-11(12)15-9-14(8-13-15)10-6-4-3-5-7-10/h8-11H,2-7H2,1H3/q+1. The van der Waals surface area contributed by atoms with Crippen LogP contribution in [0.1, 0.15) is 56.4 Å². The van der Waals surface area contributed by atoms with Gasteiger partial charge in [-0.3, -0.25) is 0 Å². The Kier molecular flexibility index (Phi) is 3.78. The predicted octanol–water partition coefficient (Wildman–Crippen LogP) is 2.98. The van der Waals surface area contributed by atoms with Gasteiger partial charge >= 0.3 is 0 Å². The lowest BCUT2D eigenvalue weighted by molar-refractivity contribution is -0.726. The van der Waals surface area contributed by atoms with Gasteiger partial charge in [-0.15, -0.1) is 4.68 Å². The number of rotatable bonds is 3. The van der Waals surface area contributed by atoms with Crippen LogP contribution < -0.4 is 4.57 Å². The van der Waals surface area contributed by atoms with E-state index < -0.39 is 0 Å². The van der Waals surface area contributed by atoms with E-state index in [0.717, 1.165) is 6.42 Å². The van der Waals surface area contributed by atoms with Crippen molar-refractivity contribution in [3.05, 3.63) is 12.7 Å². The quantitative estimate of drug-likeness (QED) is 0.613. The fraction of sp³-hybridized carbons (Fsp3) is 0.818. The summed E-state index contributed by atoms with van der Waals surface area (Å²) in [7, 11) is 0. The van der Waals surface area contributed by atoms with E-state index in [0.29, 0.717) is 11.0 Å². The maximum atomic E-state index is 4.39. The summed E-state index contributed by atoms with van der Waals surface area (Å²) in [6, 6.07) is 0.684. The summed E-state index contributed by atoms with van der Waals surface area (Å²) in [5, 5.41) is 4.39. The molecule has 1 aliphatic carbocycles. The topological polar surface area (TPSA) is 21.7 Å². The van der Waals surface area contributed by atoms with E-state index in [-0.39, 0.29) is 0 Å². The van der Waals surface area contributed by atoms with E-state index in [1.807, 2.05) is 11.0 Å². The fourth-order valence-electron chi connectivity index (χ4n) is 2.21. The smallest absolute Gasteiger partial charge is 0.234 e. The van der Waals surface area contributed by atoms with E-state index in [9.17, 15) is 0 Å². The van der Waals surface area contributed by atoms with Crippen molar-refractivity contribution >= 4 is 15.9 Å². The Balaban J connectivity index is 2.05. The van der Waals surface area contributed by atoms with Crippen molar-refractivity contribution in [1.82, 2.24) is 9.78 Å². The van der Waals surface area contributed by atoms with Crippen molar-refractivity contribution in [2.45, 2.75) is 56.4 Å². The van der Waals surface area contributed by atoms with Gasteiger partial charge in [0.05, 0.1) is 6.04 Å². The van der Waals surface area contributed by atoms with Gasteiger partial charge in [0, 0.05) is 5.10 Å². The van der Waals surface area contributed by atoms with Crippen molar-refractivity contribution in [1.29, 1.82) is 0 Å². The highest BCUT2D eigenvalue weighted by molar-refractivity contribution is 9.09. The first kappa shape index (κ1) is 11.1. The minimum absolute atomic E-state index is 0.336. The largest absolute Gasteiger partial charge is 0.265 e. The molecule has 0 spiro atoms. The second-order valence-corrected chi connectivity index (χ2v) is 5.37. The molecule has 1 saturated carbocycles. The van der Waals surface area contributed by atoms with Crippen LogP contribution >= 0.6 is 15.9 Å². The molecule has 1 atom stereocenters. The van der Waals surface area contributed by atoms with Crippen LogP contribution in [0, 0.1) is 0 Å². The number of alkyl halides is 1. The average Bonchev–Trinajstić information content (AvgIpc) is 2.78. The van der Waals surface area contributed by atoms with Crippen LogP contribution in [0.15, 0.2) is 12.7 Å². The summed E-state index contributed by atoms with van der Waals surface area (Å²) >= 11 is 3.61. The lowest BCUT2D eigenvalue weighted by Gasteiger charge is -2.18. The minimum Gasteiger partial charge on any atom is -0.234 e. The van der Waals surface area contributed by atoms with Crippen LogP contribution in [0.2, 0.25) is 0 Å². The van der Waals surface area contributed by atoms with Crippen LogP contribution in [0.3, 0.4) is 0 Å². The van der Waals surface area contributed by atoms with Gasteiger partial charge in [0.25, 0.3) is 6.33 Å². The second kappa shape index (κ2) is 5.10. The first-order valence-electron chi connectivity index (χ1n) is 5.90. The Morgan fingerprint density at radius 2 is 2.20 bits per heavy atom. The van der Waals surface area contributed by atoms with E-state index in [1.165, 1.54) is 32.1 Å². The van der Waals surface area contributed by atoms with Gasteiger partial charge in [0.2, 0.25) is 6.33 Å². The number of hydrogen-bond donors (Lipinski definition) is 0. The fourth-order valence-corrected chi connectivity index (χ4v) is 2.43. The molecule has 0 bridgehead atoms. The molecule has 0 amide bonds. The molecule has 0 aromatic carbocycles. The third-order valence-electron chi connectivity index (χ3n) is 3.19. The molecule has 15 heavy (non-hydrogen) atoms. The number of aromatic nitrogens is 3. The lowest BCUT2D eigenvalue weighted by Crippen LogP contribution is -2.38. The zero-order valence-corrected chi connectivity index (χ0v) is 10.9. The predicted molar refractivity (Wildman–Crippen MR) is 62.8 cm³/mol. The van der Waals surface area contributed by atoms with Crippen LogP contribution in [0.4, 0.5) is 0 Å². The lowest BCUT2D eigenvalue weighted by atomic mass is 9.95. The van der Waals surface area contributed by atoms with Gasteiger partial charge in [0.1, 0.15) is 0 Å². The molecule has 1 aliphatic rings. The van der Waals surface area contributed by atoms with Crippen LogP contribution in [0.25, 0.3) is 0 Å². The molecule has 0 N–H and O–H groups in total. The second-order valence-electron chi connectivity index (χ2n) is 4.31. The molecule has 3 nitrogen and oxygen atoms in total. The summed E-state index contributed by atoms with van der Waals surface area (Å²) in [5.41, 5.74) is 0. The highest BCUT2D eigenvalue weighted by Crippen LogP contribution is 2.23. The highest BCUT2D eigenvalue weighted by atomic mass is 79.9. The first-order chi connectivity index (χ1) is 7.31. The van der Waals surface area contributed by atoms with Crippen molar-refractivity contribution in [3.8, 4) is 0 Å². The van der Waals surface area contributed by atoms with E-state index in [4.69, 9.17) is 0 Å². The SMILES string of the molecule is CCC(Br)n1c[n+](C2CCCCC2)cn1. The van der Waals surface area contributed by atoms with Crippen molar-refractivity contribution < 1.29 is 4.57 Å². The Labute approximate surface area is 99.6 Å². The zero-order valence-electron chi connectivity index (χ0n) is 9.27. The average molecular weight is 273 g/mol. The van der Waals surface area contributed by atoms with Gasteiger partial charge < -0.3 is 0 Å². The molecule has 1 heterocycles. The molecule has 0 aliphatic heterocycles. The maximum Gasteiger partial charge on any atom is 0.265 e. The molecule has 84 valence electrons. The number of nitrogens with zero attached hydrogens (tertiary/aromatic N) is 3. The summed E-state index contributed by atoms with van der Waals surface area (Å²) < 4.78 is 4.29. The molecule has 0 radical (unpaired) electrons. The van der Waals surface area contributed by atoms with Gasteiger partial charge in [-0.05, 0) is 48.0 Å². The Hall–Kier alpha value is -0.380. The van der Waals surface area contributed by atoms with E-state index >= 15 is 0 Å². The van der Waals surface area contributed by atoms with Crippen molar-refractivity contribution in [2.24, 2.45) is 0 Å². The zero-order chi connectivity index (χ0) is 10.7. The third-order valence-corrected chi connectivity index (χ3v) is 4.26. The molecular weight excluding hydrogens is 254 g/mol. The van der Waals surface area contributed by atoms with Crippen molar-refractivity contribution in [3.63, 3.8) is 0 Å². The normalized spacial score (nSPS) is 20.4. The van der Waals surface area contributed by atoms with Gasteiger partial charge in [-0.2, -0.15) is 0 Å². The molecule has 2 rings (SSSR count). The first-order valence-corrected chi connectivity index (χ1v) is 6.81. The van der Waals surface area contributed by atoms with Gasteiger partial charge in [-0.25, -0.2) is 4.57 Å². The summed E-state index contributed by atoms with van der Waals surface area (Å²) in [5.74, 6) is 0. The minimum atomic E-state index is 0.336. The molecule has 4 heteroatoms. The summed E-state index contributed by atoms with van der Waals surface area (Å²) in [6.07, 6.45) is 11.9. The number of halogens is 1. The molecular formula is C11H19BrN3+. The van der Waals surface area contributed by atoms with Gasteiger partial charge in [-0.1, -0.05) is 13.3 Å². The Morgan fingerprint density at radius 1 is 1.47 bits per heavy atom. The summed E-state index contributed by atoms with van der Waals surface area (Å²) in [4.78, 5) is 0.336. The van der Waals surface area contributed by atoms with E-state index in [2.05, 4.69) is 38.8 Å². The molecule has 1 unspecified atom stereocenters. The highest BCUT2D eigenvalue weighted by Gasteiger charge is 2.21. The van der Waals surface area contributed by atoms with Crippen molar-refractivity contribution in [2.75, 3.05) is 0 Å². The molecule has 1 fully saturated rings. The number of hydrogen-bond acceptors (Lipinski definition) is 1. The van der Waals surface area contributed by atoms with Crippen LogP contribution in [-0.2, 0) is 0 Å². The summed E-state index contributed by atoms with van der Waals surface area (Å²) in [6.45, 7) is 2.16. The molecule has 0 saturated heterocycles. The molecule has 1 aromatic rings.